The highest BCUT2D eigenvalue weighted by atomic mass is 16.2. The number of allylic oxidation sites excluding steroid dienone is 2. The Bertz CT molecular complexity index is 341. The summed E-state index contributed by atoms with van der Waals surface area (Å²) in [6.07, 6.45) is 7.32. The third-order valence-corrected chi connectivity index (χ3v) is 1.80. The maximum absolute atomic E-state index is 11.1. The lowest BCUT2D eigenvalue weighted by Crippen LogP contribution is -2.44. The number of urea groups is 1. The van der Waals surface area contributed by atoms with E-state index in [0.29, 0.717) is 0 Å². The number of carbonyl (C=O) groups is 3. The number of amides is 4. The highest BCUT2D eigenvalue weighted by molar-refractivity contribution is 6.00. The van der Waals surface area contributed by atoms with E-state index >= 15 is 0 Å². The third-order valence-electron chi connectivity index (χ3n) is 1.80. The number of hydrogen-bond acceptors (Lipinski definition) is 3. The minimum absolute atomic E-state index is 0.0917. The van der Waals surface area contributed by atoms with Crippen LogP contribution in [0.15, 0.2) is 38.0 Å². The molecule has 1 N–H and O–H groups in total. The van der Waals surface area contributed by atoms with Gasteiger partial charge in [0.2, 0.25) is 11.8 Å². The van der Waals surface area contributed by atoms with Crippen molar-refractivity contribution in [2.24, 2.45) is 0 Å². The summed E-state index contributed by atoms with van der Waals surface area (Å²) in [4.78, 5) is 33.3. The topological polar surface area (TPSA) is 66.5 Å². The fourth-order valence-corrected chi connectivity index (χ4v) is 0.702. The van der Waals surface area contributed by atoms with Gasteiger partial charge in [-0.2, -0.15) is 0 Å². The lowest BCUT2D eigenvalue weighted by molar-refractivity contribution is -0.125. The molecule has 0 fully saturated rings. The van der Waals surface area contributed by atoms with Crippen molar-refractivity contribution in [2.75, 3.05) is 6.54 Å². The molecule has 0 unspecified atom stereocenters. The van der Waals surface area contributed by atoms with Gasteiger partial charge in [-0.3, -0.25) is 19.8 Å². The molecule has 0 aromatic carbocycles. The van der Waals surface area contributed by atoms with Gasteiger partial charge < -0.3 is 0 Å². The van der Waals surface area contributed by atoms with Crippen molar-refractivity contribution in [3.8, 4) is 0 Å². The Morgan fingerprint density at radius 1 is 0.952 bits per heavy atom. The van der Waals surface area contributed by atoms with Crippen LogP contribution in [0.4, 0.5) is 4.79 Å². The van der Waals surface area contributed by atoms with Crippen LogP contribution in [-0.2, 0) is 9.59 Å². The van der Waals surface area contributed by atoms with Gasteiger partial charge in [-0.05, 0) is 12.8 Å². The summed E-state index contributed by atoms with van der Waals surface area (Å²) < 4.78 is 0. The van der Waals surface area contributed by atoms with E-state index in [-0.39, 0.29) is 6.54 Å². The molecule has 0 aliphatic carbocycles. The molecule has 120 valence electrons. The third kappa shape index (κ3) is 20.3. The first kappa shape index (κ1) is 23.9. The van der Waals surface area contributed by atoms with Gasteiger partial charge in [0.25, 0.3) is 0 Å². The van der Waals surface area contributed by atoms with E-state index in [2.05, 4.69) is 33.6 Å². The zero-order valence-corrected chi connectivity index (χ0v) is 13.6. The highest BCUT2D eigenvalue weighted by Crippen LogP contribution is 1.90. The van der Waals surface area contributed by atoms with Crippen molar-refractivity contribution >= 4 is 17.8 Å². The summed E-state index contributed by atoms with van der Waals surface area (Å²) in [7, 11) is 0. The monoisotopic (exact) mass is 296 g/mol. The summed E-state index contributed by atoms with van der Waals surface area (Å²) in [5.74, 6) is -0.932. The molecule has 0 aromatic rings. The van der Waals surface area contributed by atoms with E-state index in [0.717, 1.165) is 17.7 Å². The fraction of sp³-hybridized carbons (Fsp3) is 0.438. The number of hydrogen-bond donors (Lipinski definition) is 1. The lowest BCUT2D eigenvalue weighted by atomic mass is 10.5. The lowest BCUT2D eigenvalue weighted by Gasteiger charge is -2.16. The van der Waals surface area contributed by atoms with Crippen LogP contribution in [-0.4, -0.2) is 29.3 Å². The molecular formula is C16H28N2O3. The predicted octanol–water partition coefficient (Wildman–Crippen LogP) is 3.44. The SMILES string of the molecule is C=CCC.C=CCC.C=CCN(C(C)=O)C(=O)NC(C)=O. The Hall–Kier alpha value is -2.17. The maximum atomic E-state index is 11.1. The normalized spacial score (nSPS) is 7.81. The minimum atomic E-state index is -0.722. The van der Waals surface area contributed by atoms with Crippen molar-refractivity contribution in [3.05, 3.63) is 38.0 Å². The van der Waals surface area contributed by atoms with Crippen molar-refractivity contribution in [3.63, 3.8) is 0 Å². The fourth-order valence-electron chi connectivity index (χ4n) is 0.702. The first-order valence-corrected chi connectivity index (χ1v) is 6.74. The summed E-state index contributed by atoms with van der Waals surface area (Å²) in [5.41, 5.74) is 0. The largest absolute Gasteiger partial charge is 0.331 e. The molecule has 0 spiro atoms. The van der Waals surface area contributed by atoms with Crippen molar-refractivity contribution in [1.82, 2.24) is 10.2 Å². The van der Waals surface area contributed by atoms with Gasteiger partial charge in [0.1, 0.15) is 0 Å². The molecule has 0 saturated carbocycles. The van der Waals surface area contributed by atoms with Crippen LogP contribution in [0.5, 0.6) is 0 Å². The van der Waals surface area contributed by atoms with Crippen LogP contribution in [0.1, 0.15) is 40.5 Å². The van der Waals surface area contributed by atoms with E-state index in [1.165, 1.54) is 19.9 Å². The van der Waals surface area contributed by atoms with Gasteiger partial charge in [0.15, 0.2) is 0 Å². The number of carbonyl (C=O) groups excluding carboxylic acids is 3. The van der Waals surface area contributed by atoms with Crippen LogP contribution in [0.3, 0.4) is 0 Å². The van der Waals surface area contributed by atoms with E-state index in [1.54, 1.807) is 0 Å². The average molecular weight is 296 g/mol. The second-order valence-electron chi connectivity index (χ2n) is 3.80. The highest BCUT2D eigenvalue weighted by Gasteiger charge is 2.16. The van der Waals surface area contributed by atoms with Crippen molar-refractivity contribution < 1.29 is 14.4 Å². The second kappa shape index (κ2) is 17.8. The van der Waals surface area contributed by atoms with E-state index in [9.17, 15) is 14.4 Å². The van der Waals surface area contributed by atoms with E-state index in [4.69, 9.17) is 0 Å². The average Bonchev–Trinajstić information content (AvgIpc) is 2.44. The molecule has 5 heteroatoms. The first-order chi connectivity index (χ1) is 9.81. The molecule has 4 amide bonds. The van der Waals surface area contributed by atoms with Gasteiger partial charge in [-0.25, -0.2) is 4.79 Å². The smallest absolute Gasteiger partial charge is 0.278 e. The van der Waals surface area contributed by atoms with Crippen LogP contribution in [0.2, 0.25) is 0 Å². The molecule has 5 nitrogen and oxygen atoms in total. The van der Waals surface area contributed by atoms with Crippen LogP contribution in [0, 0.1) is 0 Å². The Balaban J connectivity index is -0.000000334. The van der Waals surface area contributed by atoms with Crippen LogP contribution in [0.25, 0.3) is 0 Å². The predicted molar refractivity (Wildman–Crippen MR) is 87.8 cm³/mol. The van der Waals surface area contributed by atoms with Crippen LogP contribution < -0.4 is 5.32 Å². The zero-order chi connectivity index (χ0) is 17.3. The summed E-state index contributed by atoms with van der Waals surface area (Å²) in [5, 5.41) is 1.99. The maximum Gasteiger partial charge on any atom is 0.331 e. The van der Waals surface area contributed by atoms with Crippen molar-refractivity contribution in [1.29, 1.82) is 0 Å². The Morgan fingerprint density at radius 2 is 1.33 bits per heavy atom. The standard InChI is InChI=1S/C8H12N2O3.2C4H8/c1-4-5-10(7(3)12)8(13)9-6(2)11;2*1-3-4-2/h4H,1,5H2,2-3H3,(H,9,11,13);2*3H,1,4H2,2H3. The molecule has 0 heterocycles. The number of imide groups is 2. The molecule has 21 heavy (non-hydrogen) atoms. The molecule has 0 aromatic heterocycles. The summed E-state index contributed by atoms with van der Waals surface area (Å²) in [6.45, 7) is 17.0. The van der Waals surface area contributed by atoms with Gasteiger partial charge in [0.05, 0.1) is 0 Å². The van der Waals surface area contributed by atoms with Crippen molar-refractivity contribution in [2.45, 2.75) is 40.5 Å². The van der Waals surface area contributed by atoms with E-state index < -0.39 is 17.8 Å². The molecule has 0 atom stereocenters. The molecular weight excluding hydrogens is 268 g/mol. The first-order valence-electron chi connectivity index (χ1n) is 6.74. The molecule has 0 aliphatic heterocycles. The Morgan fingerprint density at radius 3 is 1.52 bits per heavy atom. The summed E-state index contributed by atoms with van der Waals surface area (Å²) >= 11 is 0. The summed E-state index contributed by atoms with van der Waals surface area (Å²) in [6, 6.07) is -0.722. The van der Waals surface area contributed by atoms with E-state index in [1.807, 2.05) is 17.5 Å². The van der Waals surface area contributed by atoms with Gasteiger partial charge >= 0.3 is 6.03 Å². The molecule has 0 rings (SSSR count). The molecule has 0 aliphatic rings. The Kier molecular flexibility index (Phi) is 20.3. The second-order valence-corrected chi connectivity index (χ2v) is 3.80. The zero-order valence-electron chi connectivity index (χ0n) is 13.6. The van der Waals surface area contributed by atoms with Gasteiger partial charge in [-0.1, -0.05) is 32.1 Å². The number of nitrogens with one attached hydrogen (secondary N) is 1. The Labute approximate surface area is 128 Å². The minimum Gasteiger partial charge on any atom is -0.278 e. The quantitative estimate of drug-likeness (QED) is 0.808. The molecule has 0 bridgehead atoms. The number of rotatable bonds is 4. The molecule has 0 radical (unpaired) electrons. The van der Waals surface area contributed by atoms with Gasteiger partial charge in [-0.15, -0.1) is 19.7 Å². The van der Waals surface area contributed by atoms with Gasteiger partial charge in [0, 0.05) is 20.4 Å². The molecule has 0 saturated heterocycles. The number of nitrogens with zero attached hydrogens (tertiary/aromatic N) is 1. The van der Waals surface area contributed by atoms with Crippen LogP contribution >= 0.6 is 0 Å².